The minimum absolute atomic E-state index is 0.0924. The molecule has 2 aromatic rings. The Labute approximate surface area is 118 Å². The van der Waals surface area contributed by atoms with Gasteiger partial charge in [0.15, 0.2) is 0 Å². The number of nitrogens with one attached hydrogen (secondary N) is 2. The van der Waals surface area contributed by atoms with E-state index in [0.29, 0.717) is 24.3 Å². The van der Waals surface area contributed by atoms with Crippen molar-refractivity contribution in [2.24, 2.45) is 0 Å². The second kappa shape index (κ2) is 6.75. The fraction of sp³-hybridized carbons (Fsp3) is 0.333. The molecule has 2 aromatic heterocycles. The summed E-state index contributed by atoms with van der Waals surface area (Å²) >= 11 is 0. The first-order chi connectivity index (χ1) is 9.72. The van der Waals surface area contributed by atoms with Crippen molar-refractivity contribution in [1.29, 1.82) is 0 Å². The average molecular weight is 273 g/mol. The van der Waals surface area contributed by atoms with Crippen molar-refractivity contribution in [3.8, 4) is 0 Å². The van der Waals surface area contributed by atoms with Gasteiger partial charge in [-0.2, -0.15) is 0 Å². The zero-order valence-corrected chi connectivity index (χ0v) is 11.8. The molecule has 2 rings (SSSR count). The van der Waals surface area contributed by atoms with Gasteiger partial charge >= 0.3 is 0 Å². The molecule has 0 aliphatic carbocycles. The number of aryl methyl sites for hydroxylation is 1. The highest BCUT2D eigenvalue weighted by Gasteiger charge is 2.09. The zero-order valence-electron chi connectivity index (χ0n) is 11.8. The molecule has 0 saturated carbocycles. The first kappa shape index (κ1) is 14.1. The highest BCUT2D eigenvalue weighted by molar-refractivity contribution is 5.95. The summed E-state index contributed by atoms with van der Waals surface area (Å²) < 4.78 is 5.22. The highest BCUT2D eigenvalue weighted by Crippen LogP contribution is 2.11. The summed E-state index contributed by atoms with van der Waals surface area (Å²) in [5.74, 6) is 1.48. The summed E-state index contributed by atoms with van der Waals surface area (Å²) in [5.41, 5.74) is 1.52. The van der Waals surface area contributed by atoms with Gasteiger partial charge in [-0.05, 0) is 30.7 Å². The van der Waals surface area contributed by atoms with E-state index in [-0.39, 0.29) is 5.91 Å². The van der Waals surface area contributed by atoms with Crippen molar-refractivity contribution in [2.45, 2.75) is 19.8 Å². The number of hydrogen-bond donors (Lipinski definition) is 2. The number of hydrogen-bond acceptors (Lipinski definition) is 4. The van der Waals surface area contributed by atoms with E-state index in [1.165, 1.54) is 0 Å². The van der Waals surface area contributed by atoms with Crippen LogP contribution in [-0.4, -0.2) is 24.5 Å². The smallest absolute Gasteiger partial charge is 0.251 e. The first-order valence-corrected chi connectivity index (χ1v) is 6.72. The Morgan fingerprint density at radius 1 is 1.40 bits per heavy atom. The van der Waals surface area contributed by atoms with Crippen LogP contribution >= 0.6 is 0 Å². The third-order valence-corrected chi connectivity index (χ3v) is 3.00. The van der Waals surface area contributed by atoms with Crippen molar-refractivity contribution in [2.75, 3.05) is 18.9 Å². The molecule has 106 valence electrons. The lowest BCUT2D eigenvalue weighted by molar-refractivity contribution is 0.0953. The number of anilines is 1. The fourth-order valence-corrected chi connectivity index (χ4v) is 1.88. The number of carbonyl (C=O) groups excluding carboxylic acids is 1. The van der Waals surface area contributed by atoms with Crippen molar-refractivity contribution in [3.05, 3.63) is 47.5 Å². The normalized spacial score (nSPS) is 10.3. The lowest BCUT2D eigenvalue weighted by Gasteiger charge is -2.08. The molecule has 5 nitrogen and oxygen atoms in total. The van der Waals surface area contributed by atoms with E-state index in [2.05, 4.69) is 15.6 Å². The summed E-state index contributed by atoms with van der Waals surface area (Å²) in [4.78, 5) is 16.5. The Hall–Kier alpha value is -2.30. The molecule has 0 unspecified atom stereocenters. The number of aromatic nitrogens is 1. The molecule has 0 saturated heterocycles. The van der Waals surface area contributed by atoms with Gasteiger partial charge in [0.05, 0.1) is 6.26 Å². The largest absolute Gasteiger partial charge is 0.469 e. The van der Waals surface area contributed by atoms with Crippen molar-refractivity contribution >= 4 is 11.7 Å². The van der Waals surface area contributed by atoms with E-state index in [9.17, 15) is 4.79 Å². The summed E-state index contributed by atoms with van der Waals surface area (Å²) in [6, 6.07) is 7.31. The molecular formula is C15H19N3O2. The van der Waals surface area contributed by atoms with Crippen LogP contribution in [0, 0.1) is 0 Å². The van der Waals surface area contributed by atoms with Gasteiger partial charge in [-0.15, -0.1) is 0 Å². The second-order valence-corrected chi connectivity index (χ2v) is 4.42. The van der Waals surface area contributed by atoms with Crippen LogP contribution in [0.4, 0.5) is 5.82 Å². The third kappa shape index (κ3) is 3.60. The Bertz CT molecular complexity index is 542. The number of furan rings is 1. The number of carbonyl (C=O) groups is 1. The molecule has 20 heavy (non-hydrogen) atoms. The summed E-state index contributed by atoms with van der Waals surface area (Å²) in [6.45, 7) is 2.56. The van der Waals surface area contributed by atoms with Crippen LogP contribution in [0.25, 0.3) is 0 Å². The maximum absolute atomic E-state index is 12.1. The van der Waals surface area contributed by atoms with Crippen LogP contribution in [0.1, 0.15) is 28.7 Å². The van der Waals surface area contributed by atoms with Gasteiger partial charge in [0.25, 0.3) is 5.91 Å². The molecule has 0 aliphatic rings. The highest BCUT2D eigenvalue weighted by atomic mass is 16.3. The summed E-state index contributed by atoms with van der Waals surface area (Å²) in [7, 11) is 1.79. The predicted octanol–water partition coefficient (Wildman–Crippen LogP) is 2.25. The predicted molar refractivity (Wildman–Crippen MR) is 77.9 cm³/mol. The topological polar surface area (TPSA) is 67.2 Å². The number of nitrogens with zero attached hydrogens (tertiary/aromatic N) is 1. The van der Waals surface area contributed by atoms with Crippen LogP contribution in [0.2, 0.25) is 0 Å². The standard InChI is InChI=1S/C15H19N3O2/c1-3-12-9-11(10-14(16-2)18-12)15(19)17-7-6-13-5-4-8-20-13/h4-5,8-10H,3,6-7H2,1-2H3,(H,16,18)(H,17,19). The van der Waals surface area contributed by atoms with Gasteiger partial charge in [-0.1, -0.05) is 6.92 Å². The minimum Gasteiger partial charge on any atom is -0.469 e. The number of pyridine rings is 1. The van der Waals surface area contributed by atoms with E-state index >= 15 is 0 Å². The maximum Gasteiger partial charge on any atom is 0.251 e. The van der Waals surface area contributed by atoms with Crippen LogP contribution in [0.3, 0.4) is 0 Å². The Kier molecular flexibility index (Phi) is 4.76. The SMILES string of the molecule is CCc1cc(C(=O)NCCc2ccco2)cc(NC)n1. The molecule has 2 N–H and O–H groups in total. The van der Waals surface area contributed by atoms with Crippen LogP contribution in [0.5, 0.6) is 0 Å². The Balaban J connectivity index is 1.97. The minimum atomic E-state index is -0.0924. The van der Waals surface area contributed by atoms with Crippen molar-refractivity contribution in [1.82, 2.24) is 10.3 Å². The molecule has 0 radical (unpaired) electrons. The molecule has 0 bridgehead atoms. The molecule has 0 aliphatic heterocycles. The van der Waals surface area contributed by atoms with Crippen LogP contribution in [0.15, 0.2) is 34.9 Å². The van der Waals surface area contributed by atoms with Gasteiger partial charge in [0.2, 0.25) is 0 Å². The number of rotatable bonds is 6. The van der Waals surface area contributed by atoms with Gasteiger partial charge in [0.1, 0.15) is 11.6 Å². The second-order valence-electron chi connectivity index (χ2n) is 4.42. The van der Waals surface area contributed by atoms with E-state index in [4.69, 9.17) is 4.42 Å². The molecule has 2 heterocycles. The molecule has 1 amide bonds. The van der Waals surface area contributed by atoms with Crippen molar-refractivity contribution < 1.29 is 9.21 Å². The first-order valence-electron chi connectivity index (χ1n) is 6.72. The third-order valence-electron chi connectivity index (χ3n) is 3.00. The summed E-state index contributed by atoms with van der Waals surface area (Å²) in [5, 5.41) is 5.85. The van der Waals surface area contributed by atoms with Gasteiger partial charge in [0, 0.05) is 31.3 Å². The van der Waals surface area contributed by atoms with E-state index < -0.39 is 0 Å². The lowest BCUT2D eigenvalue weighted by Crippen LogP contribution is -2.26. The monoisotopic (exact) mass is 273 g/mol. The molecule has 5 heteroatoms. The molecule has 0 aromatic carbocycles. The van der Waals surface area contributed by atoms with Crippen LogP contribution in [-0.2, 0) is 12.8 Å². The maximum atomic E-state index is 12.1. The molecule has 0 spiro atoms. The van der Waals surface area contributed by atoms with Gasteiger partial charge < -0.3 is 15.1 Å². The summed E-state index contributed by atoms with van der Waals surface area (Å²) in [6.07, 6.45) is 3.11. The Morgan fingerprint density at radius 3 is 2.90 bits per heavy atom. The van der Waals surface area contributed by atoms with Crippen molar-refractivity contribution in [3.63, 3.8) is 0 Å². The zero-order chi connectivity index (χ0) is 14.4. The van der Waals surface area contributed by atoms with Crippen LogP contribution < -0.4 is 10.6 Å². The van der Waals surface area contributed by atoms with Gasteiger partial charge in [-0.25, -0.2) is 4.98 Å². The average Bonchev–Trinajstić information content (AvgIpc) is 2.99. The molecule has 0 fully saturated rings. The van der Waals surface area contributed by atoms with E-state index in [0.717, 1.165) is 17.9 Å². The fourth-order valence-electron chi connectivity index (χ4n) is 1.88. The number of amides is 1. The van der Waals surface area contributed by atoms with E-state index in [1.54, 1.807) is 19.4 Å². The van der Waals surface area contributed by atoms with E-state index in [1.807, 2.05) is 25.1 Å². The Morgan fingerprint density at radius 2 is 2.25 bits per heavy atom. The van der Waals surface area contributed by atoms with Gasteiger partial charge in [-0.3, -0.25) is 4.79 Å². The quantitative estimate of drug-likeness (QED) is 0.847. The molecule has 0 atom stereocenters. The lowest BCUT2D eigenvalue weighted by atomic mass is 10.1. The molecular weight excluding hydrogens is 254 g/mol.